The van der Waals surface area contributed by atoms with E-state index in [0.717, 1.165) is 9.35 Å². The van der Waals surface area contributed by atoms with Crippen LogP contribution in [0.4, 0.5) is 0 Å². The molecule has 0 spiro atoms. The monoisotopic (exact) mass is 321 g/mol. The Morgan fingerprint density at radius 2 is 2.00 bits per heavy atom. The Bertz CT molecular complexity index is 586. The Kier molecular flexibility index (Phi) is 5.76. The summed E-state index contributed by atoms with van der Waals surface area (Å²) in [5.41, 5.74) is 1.23. The summed E-state index contributed by atoms with van der Waals surface area (Å²) in [4.78, 5) is 12.1. The van der Waals surface area contributed by atoms with E-state index in [9.17, 15) is 4.79 Å². The minimum absolute atomic E-state index is 0.0376. The predicted molar refractivity (Wildman–Crippen MR) is 87.8 cm³/mol. The Balaban J connectivity index is 1.81. The minimum Gasteiger partial charge on any atom is -0.355 e. The summed E-state index contributed by atoms with van der Waals surface area (Å²) in [6.07, 6.45) is 0. The maximum Gasteiger partial charge on any atom is 0.233 e. The number of nitrogens with zero attached hydrogens (tertiary/aromatic N) is 2. The quantitative estimate of drug-likeness (QED) is 0.830. The van der Waals surface area contributed by atoms with Crippen molar-refractivity contribution in [2.45, 2.75) is 36.3 Å². The SMILES string of the molecule is Cc1nnc(SC(C)C(=O)NCC(C)c2ccccc2)s1. The van der Waals surface area contributed by atoms with Crippen molar-refractivity contribution in [3.05, 3.63) is 40.9 Å². The molecule has 1 amide bonds. The zero-order chi connectivity index (χ0) is 15.2. The molecule has 0 saturated heterocycles. The standard InChI is InChI=1S/C15H19N3OS2/c1-10(13-7-5-4-6-8-13)9-16-14(19)11(2)20-15-18-17-12(3)21-15/h4-8,10-11H,9H2,1-3H3,(H,16,19). The maximum atomic E-state index is 12.1. The molecule has 0 aliphatic rings. The van der Waals surface area contributed by atoms with Gasteiger partial charge in [-0.05, 0) is 25.3 Å². The first kappa shape index (κ1) is 16.0. The normalized spacial score (nSPS) is 13.7. The summed E-state index contributed by atoms with van der Waals surface area (Å²) in [5.74, 6) is 0.340. The van der Waals surface area contributed by atoms with Crippen LogP contribution < -0.4 is 5.32 Å². The molecule has 1 aromatic heterocycles. The number of amides is 1. The van der Waals surface area contributed by atoms with Crippen LogP contribution in [-0.4, -0.2) is 27.9 Å². The van der Waals surface area contributed by atoms with Gasteiger partial charge >= 0.3 is 0 Å². The first-order valence-electron chi connectivity index (χ1n) is 6.85. The van der Waals surface area contributed by atoms with Gasteiger partial charge in [-0.2, -0.15) is 0 Å². The highest BCUT2D eigenvalue weighted by atomic mass is 32.2. The smallest absolute Gasteiger partial charge is 0.233 e. The number of rotatable bonds is 6. The largest absolute Gasteiger partial charge is 0.355 e. The third kappa shape index (κ3) is 4.82. The molecule has 2 aromatic rings. The van der Waals surface area contributed by atoms with E-state index in [-0.39, 0.29) is 11.2 Å². The highest BCUT2D eigenvalue weighted by Gasteiger charge is 2.17. The number of nitrogens with one attached hydrogen (secondary N) is 1. The van der Waals surface area contributed by atoms with Gasteiger partial charge in [0.05, 0.1) is 5.25 Å². The van der Waals surface area contributed by atoms with Crippen LogP contribution in [-0.2, 0) is 4.79 Å². The molecule has 2 unspecified atom stereocenters. The first-order chi connectivity index (χ1) is 10.1. The van der Waals surface area contributed by atoms with Gasteiger partial charge in [0.1, 0.15) is 5.01 Å². The highest BCUT2D eigenvalue weighted by Crippen LogP contribution is 2.26. The van der Waals surface area contributed by atoms with E-state index in [2.05, 4.69) is 34.6 Å². The number of aryl methyl sites for hydroxylation is 1. The molecule has 1 aromatic carbocycles. The topological polar surface area (TPSA) is 54.9 Å². The molecule has 21 heavy (non-hydrogen) atoms. The molecule has 1 N–H and O–H groups in total. The summed E-state index contributed by atoms with van der Waals surface area (Å²) in [5, 5.41) is 11.7. The van der Waals surface area contributed by atoms with E-state index in [1.165, 1.54) is 28.7 Å². The van der Waals surface area contributed by atoms with Crippen molar-refractivity contribution in [1.29, 1.82) is 0 Å². The van der Waals surface area contributed by atoms with Gasteiger partial charge < -0.3 is 5.32 Å². The number of carbonyl (C=O) groups is 1. The fourth-order valence-corrected chi connectivity index (χ4v) is 3.81. The Morgan fingerprint density at radius 1 is 1.29 bits per heavy atom. The second-order valence-electron chi connectivity index (χ2n) is 4.90. The van der Waals surface area contributed by atoms with E-state index in [0.29, 0.717) is 12.5 Å². The second-order valence-corrected chi connectivity index (χ2v) is 7.67. The summed E-state index contributed by atoms with van der Waals surface area (Å²) in [6, 6.07) is 10.2. The molecule has 0 aliphatic carbocycles. The summed E-state index contributed by atoms with van der Waals surface area (Å²) in [7, 11) is 0. The third-order valence-electron chi connectivity index (χ3n) is 3.11. The molecule has 2 rings (SSSR count). The Morgan fingerprint density at radius 3 is 2.62 bits per heavy atom. The molecule has 0 aliphatic heterocycles. The molecule has 0 saturated carbocycles. The lowest BCUT2D eigenvalue weighted by Gasteiger charge is -2.15. The molecular formula is C15H19N3OS2. The zero-order valence-electron chi connectivity index (χ0n) is 12.4. The van der Waals surface area contributed by atoms with Crippen LogP contribution >= 0.6 is 23.1 Å². The van der Waals surface area contributed by atoms with Crippen molar-refractivity contribution < 1.29 is 4.79 Å². The van der Waals surface area contributed by atoms with Gasteiger partial charge in [0.25, 0.3) is 0 Å². The van der Waals surface area contributed by atoms with Crippen LogP contribution in [0, 0.1) is 6.92 Å². The molecule has 0 bridgehead atoms. The first-order valence-corrected chi connectivity index (χ1v) is 8.55. The van der Waals surface area contributed by atoms with Crippen molar-refractivity contribution in [2.24, 2.45) is 0 Å². The minimum atomic E-state index is -0.166. The van der Waals surface area contributed by atoms with Crippen LogP contribution in [0.5, 0.6) is 0 Å². The van der Waals surface area contributed by atoms with Gasteiger partial charge in [-0.3, -0.25) is 4.79 Å². The van der Waals surface area contributed by atoms with Gasteiger partial charge in [0.15, 0.2) is 4.34 Å². The van der Waals surface area contributed by atoms with Gasteiger partial charge in [-0.25, -0.2) is 0 Å². The molecule has 112 valence electrons. The molecule has 6 heteroatoms. The number of carbonyl (C=O) groups excluding carboxylic acids is 1. The number of benzene rings is 1. The van der Waals surface area contributed by atoms with Crippen molar-refractivity contribution in [1.82, 2.24) is 15.5 Å². The molecular weight excluding hydrogens is 302 g/mol. The second kappa shape index (κ2) is 7.56. The molecule has 1 heterocycles. The van der Waals surface area contributed by atoms with Crippen LogP contribution in [0.15, 0.2) is 34.7 Å². The van der Waals surface area contributed by atoms with Gasteiger partial charge in [0, 0.05) is 6.54 Å². The van der Waals surface area contributed by atoms with E-state index in [1.54, 1.807) is 0 Å². The van der Waals surface area contributed by atoms with Gasteiger partial charge in [0.2, 0.25) is 5.91 Å². The summed E-state index contributed by atoms with van der Waals surface area (Å²) < 4.78 is 0.839. The fraction of sp³-hybridized carbons (Fsp3) is 0.400. The lowest BCUT2D eigenvalue weighted by atomic mass is 10.0. The van der Waals surface area contributed by atoms with Crippen molar-refractivity contribution >= 4 is 29.0 Å². The lowest BCUT2D eigenvalue weighted by Crippen LogP contribution is -2.33. The van der Waals surface area contributed by atoms with Crippen molar-refractivity contribution in [3.63, 3.8) is 0 Å². The van der Waals surface area contributed by atoms with Crippen molar-refractivity contribution in [2.75, 3.05) is 6.54 Å². The van der Waals surface area contributed by atoms with Crippen LogP contribution in [0.25, 0.3) is 0 Å². The third-order valence-corrected chi connectivity index (χ3v) is 5.13. The summed E-state index contributed by atoms with van der Waals surface area (Å²) >= 11 is 2.97. The maximum absolute atomic E-state index is 12.1. The van der Waals surface area contributed by atoms with E-state index in [1.807, 2.05) is 32.0 Å². The average Bonchev–Trinajstić information content (AvgIpc) is 2.90. The lowest BCUT2D eigenvalue weighted by molar-refractivity contribution is -0.120. The van der Waals surface area contributed by atoms with E-state index in [4.69, 9.17) is 0 Å². The van der Waals surface area contributed by atoms with E-state index >= 15 is 0 Å². The molecule has 0 fully saturated rings. The summed E-state index contributed by atoms with van der Waals surface area (Å²) in [6.45, 7) is 6.56. The van der Waals surface area contributed by atoms with Crippen LogP contribution in [0.2, 0.25) is 0 Å². The zero-order valence-corrected chi connectivity index (χ0v) is 14.0. The molecule has 2 atom stereocenters. The molecule has 0 radical (unpaired) electrons. The number of hydrogen-bond acceptors (Lipinski definition) is 5. The number of hydrogen-bond donors (Lipinski definition) is 1. The van der Waals surface area contributed by atoms with Gasteiger partial charge in [-0.1, -0.05) is 60.4 Å². The highest BCUT2D eigenvalue weighted by molar-refractivity contribution is 8.02. The Hall–Kier alpha value is -1.40. The van der Waals surface area contributed by atoms with Crippen molar-refractivity contribution in [3.8, 4) is 0 Å². The number of thioether (sulfide) groups is 1. The fourth-order valence-electron chi connectivity index (χ4n) is 1.83. The van der Waals surface area contributed by atoms with E-state index < -0.39 is 0 Å². The average molecular weight is 321 g/mol. The van der Waals surface area contributed by atoms with Gasteiger partial charge in [-0.15, -0.1) is 10.2 Å². The van der Waals surface area contributed by atoms with Crippen LogP contribution in [0.1, 0.15) is 30.3 Å². The molecule has 4 nitrogen and oxygen atoms in total. The number of aromatic nitrogens is 2. The Labute approximate surface area is 133 Å². The predicted octanol–water partition coefficient (Wildman–Crippen LogP) is 3.25. The van der Waals surface area contributed by atoms with Crippen LogP contribution in [0.3, 0.4) is 0 Å².